The van der Waals surface area contributed by atoms with Crippen molar-refractivity contribution in [3.05, 3.63) is 65.7 Å². The van der Waals surface area contributed by atoms with Gasteiger partial charge in [-0.3, -0.25) is 0 Å². The lowest BCUT2D eigenvalue weighted by molar-refractivity contribution is -0.139. The van der Waals surface area contributed by atoms with Gasteiger partial charge in [0.15, 0.2) is 0 Å². The smallest absolute Gasteiger partial charge is 0.345 e. The molecule has 3 atom stereocenters. The Balaban J connectivity index is 1.66. The quantitative estimate of drug-likeness (QED) is 0.490. The average Bonchev–Trinajstić information content (AvgIpc) is 3.17. The van der Waals surface area contributed by atoms with Crippen LogP contribution in [0.3, 0.4) is 0 Å². The van der Waals surface area contributed by atoms with Gasteiger partial charge in [-0.15, -0.1) is 0 Å². The molecule has 2 aromatic rings. The lowest BCUT2D eigenvalue weighted by Gasteiger charge is -2.35. The normalized spacial score (nSPS) is 22.3. The van der Waals surface area contributed by atoms with Gasteiger partial charge >= 0.3 is 11.9 Å². The summed E-state index contributed by atoms with van der Waals surface area (Å²) in [5.41, 5.74) is 1.79. The third kappa shape index (κ3) is 3.03. The van der Waals surface area contributed by atoms with Gasteiger partial charge in [0.1, 0.15) is 17.5 Å². The van der Waals surface area contributed by atoms with Gasteiger partial charge in [-0.2, -0.15) is 0 Å². The lowest BCUT2D eigenvalue weighted by atomic mass is 9.78. The van der Waals surface area contributed by atoms with Crippen molar-refractivity contribution < 1.29 is 24.2 Å². The summed E-state index contributed by atoms with van der Waals surface area (Å²) in [4.78, 5) is 24.5. The monoisotopic (exact) mass is 365 g/mol. The fourth-order valence-electron chi connectivity index (χ4n) is 3.84. The van der Waals surface area contributed by atoms with Crippen molar-refractivity contribution in [3.8, 4) is 11.5 Å². The number of aliphatic carboxylic acids is 1. The summed E-state index contributed by atoms with van der Waals surface area (Å²) in [6, 6.07) is 11.3. The second-order valence-electron chi connectivity index (χ2n) is 6.65. The topological polar surface area (TPSA) is 84.9 Å². The molecule has 4 rings (SSSR count). The number of para-hydroxylation sites is 1. The van der Waals surface area contributed by atoms with Crippen molar-refractivity contribution in [2.24, 2.45) is 5.92 Å². The molecule has 0 aromatic heterocycles. The van der Waals surface area contributed by atoms with Crippen LogP contribution in [0.4, 0.5) is 5.69 Å². The molecule has 2 aliphatic rings. The van der Waals surface area contributed by atoms with E-state index >= 15 is 0 Å². The summed E-state index contributed by atoms with van der Waals surface area (Å²) in [5.74, 6) is -0.467. The number of allylic oxidation sites excluding steroid dienone is 2. The van der Waals surface area contributed by atoms with Crippen LogP contribution >= 0.6 is 0 Å². The summed E-state index contributed by atoms with van der Waals surface area (Å²) >= 11 is 0. The Labute approximate surface area is 156 Å². The van der Waals surface area contributed by atoms with Crippen LogP contribution in [0.5, 0.6) is 11.5 Å². The molecular weight excluding hydrogens is 346 g/mol. The third-order valence-corrected chi connectivity index (χ3v) is 5.15. The van der Waals surface area contributed by atoms with Crippen LogP contribution in [0, 0.1) is 5.92 Å². The molecule has 138 valence electrons. The average molecular weight is 365 g/mol. The minimum absolute atomic E-state index is 0.0175. The first-order valence-electron chi connectivity index (χ1n) is 8.73. The number of hydrogen-bond acceptors (Lipinski definition) is 5. The van der Waals surface area contributed by atoms with E-state index in [9.17, 15) is 14.7 Å². The molecule has 0 bridgehead atoms. The molecule has 2 N–H and O–H groups in total. The minimum atomic E-state index is -0.919. The number of carboxylic acid groups (broad SMARTS) is 1. The van der Waals surface area contributed by atoms with Gasteiger partial charge in [-0.25, -0.2) is 9.59 Å². The highest BCUT2D eigenvalue weighted by Gasteiger charge is 2.42. The maximum atomic E-state index is 12.8. The maximum Gasteiger partial charge on any atom is 0.345 e. The highest BCUT2D eigenvalue weighted by atomic mass is 16.5. The molecule has 1 aliphatic carbocycles. The van der Waals surface area contributed by atoms with Crippen molar-refractivity contribution in [1.29, 1.82) is 0 Å². The van der Waals surface area contributed by atoms with E-state index in [2.05, 4.69) is 5.32 Å². The Morgan fingerprint density at radius 2 is 1.85 bits per heavy atom. The zero-order chi connectivity index (χ0) is 19.0. The maximum absolute atomic E-state index is 12.8. The van der Waals surface area contributed by atoms with Crippen LogP contribution < -0.4 is 14.8 Å². The molecule has 6 nitrogen and oxygen atoms in total. The largest absolute Gasteiger partial charge is 0.497 e. The number of ether oxygens (including phenoxy) is 2. The van der Waals surface area contributed by atoms with E-state index in [0.717, 1.165) is 5.56 Å². The van der Waals surface area contributed by atoms with Gasteiger partial charge < -0.3 is 19.9 Å². The first-order valence-corrected chi connectivity index (χ1v) is 8.73. The second-order valence-corrected chi connectivity index (χ2v) is 6.65. The zero-order valence-corrected chi connectivity index (χ0v) is 14.7. The first-order chi connectivity index (χ1) is 13.1. The highest BCUT2D eigenvalue weighted by Crippen LogP contribution is 2.45. The summed E-state index contributed by atoms with van der Waals surface area (Å²) in [6.45, 7) is 0. The molecule has 1 aliphatic heterocycles. The molecule has 0 saturated carbocycles. The van der Waals surface area contributed by atoms with Crippen LogP contribution in [0.25, 0.3) is 0 Å². The molecule has 2 aromatic carbocycles. The number of hydrogen-bond donors (Lipinski definition) is 2. The van der Waals surface area contributed by atoms with Crippen molar-refractivity contribution in [2.75, 3.05) is 12.4 Å². The summed E-state index contributed by atoms with van der Waals surface area (Å²) < 4.78 is 10.6. The fraction of sp³-hybridized carbons (Fsp3) is 0.238. The highest BCUT2D eigenvalue weighted by molar-refractivity contribution is 5.99. The number of fused-ring (bicyclic) bond motifs is 3. The molecule has 0 amide bonds. The SMILES string of the molecule is COc1ccc(OC(=O)c2cccc3c2NC(C(=O)O)C2CC=CC32)cc1. The van der Waals surface area contributed by atoms with E-state index in [1.807, 2.05) is 18.2 Å². The minimum Gasteiger partial charge on any atom is -0.497 e. The molecule has 0 saturated heterocycles. The predicted molar refractivity (Wildman–Crippen MR) is 99.4 cm³/mol. The van der Waals surface area contributed by atoms with Gasteiger partial charge in [0.2, 0.25) is 0 Å². The molecular formula is C21H19NO5. The van der Waals surface area contributed by atoms with E-state index in [1.165, 1.54) is 0 Å². The van der Waals surface area contributed by atoms with E-state index < -0.39 is 18.0 Å². The molecule has 3 unspecified atom stereocenters. The predicted octanol–water partition coefficient (Wildman–Crippen LogP) is 3.45. The van der Waals surface area contributed by atoms with Crippen molar-refractivity contribution in [1.82, 2.24) is 0 Å². The Morgan fingerprint density at radius 1 is 1.11 bits per heavy atom. The standard InChI is InChI=1S/C21H19NO5/c1-26-12-8-10-13(11-9-12)27-21(25)17-7-3-5-15-14-4-2-6-16(14)19(20(23)24)22-18(15)17/h2-5,7-11,14,16,19,22H,6H2,1H3,(H,23,24). The van der Waals surface area contributed by atoms with Crippen molar-refractivity contribution >= 4 is 17.6 Å². The van der Waals surface area contributed by atoms with E-state index in [-0.39, 0.29) is 11.8 Å². The molecule has 0 radical (unpaired) electrons. The molecule has 27 heavy (non-hydrogen) atoms. The van der Waals surface area contributed by atoms with Crippen LogP contribution in [0.2, 0.25) is 0 Å². The lowest BCUT2D eigenvalue weighted by Crippen LogP contribution is -2.42. The Morgan fingerprint density at radius 3 is 2.56 bits per heavy atom. The van der Waals surface area contributed by atoms with Gasteiger partial charge in [0.05, 0.1) is 18.4 Å². The van der Waals surface area contributed by atoms with E-state index in [4.69, 9.17) is 9.47 Å². The Hall–Kier alpha value is -3.28. The van der Waals surface area contributed by atoms with E-state index in [1.54, 1.807) is 43.5 Å². The number of benzene rings is 2. The molecule has 0 fully saturated rings. The van der Waals surface area contributed by atoms with Crippen LogP contribution in [-0.4, -0.2) is 30.2 Å². The second kappa shape index (κ2) is 6.79. The number of methoxy groups -OCH3 is 1. The number of carbonyl (C=O) groups excluding carboxylic acids is 1. The third-order valence-electron chi connectivity index (χ3n) is 5.15. The zero-order valence-electron chi connectivity index (χ0n) is 14.7. The number of anilines is 1. The summed E-state index contributed by atoms with van der Waals surface area (Å²) in [5, 5.41) is 12.7. The van der Waals surface area contributed by atoms with Crippen LogP contribution in [0.1, 0.15) is 28.3 Å². The fourth-order valence-corrected chi connectivity index (χ4v) is 3.84. The number of rotatable bonds is 4. The summed E-state index contributed by atoms with van der Waals surface area (Å²) in [6.07, 6.45) is 4.73. The summed E-state index contributed by atoms with van der Waals surface area (Å²) in [7, 11) is 1.56. The van der Waals surface area contributed by atoms with Gasteiger partial charge in [-0.05, 0) is 42.3 Å². The number of esters is 1. The molecule has 0 spiro atoms. The van der Waals surface area contributed by atoms with Gasteiger partial charge in [0, 0.05) is 11.8 Å². The Bertz CT molecular complexity index is 919. The van der Waals surface area contributed by atoms with E-state index in [0.29, 0.717) is 29.2 Å². The first kappa shape index (κ1) is 17.1. The van der Waals surface area contributed by atoms with Gasteiger partial charge in [-0.1, -0.05) is 24.3 Å². The van der Waals surface area contributed by atoms with Crippen molar-refractivity contribution in [3.63, 3.8) is 0 Å². The van der Waals surface area contributed by atoms with Crippen LogP contribution in [0.15, 0.2) is 54.6 Å². The number of nitrogens with one attached hydrogen (secondary N) is 1. The molecule has 6 heteroatoms. The van der Waals surface area contributed by atoms with Crippen molar-refractivity contribution in [2.45, 2.75) is 18.4 Å². The number of carbonyl (C=O) groups is 2. The molecule has 1 heterocycles. The Kier molecular flexibility index (Phi) is 4.32. The number of carboxylic acids is 1. The van der Waals surface area contributed by atoms with Crippen LogP contribution in [-0.2, 0) is 4.79 Å². The van der Waals surface area contributed by atoms with Gasteiger partial charge in [0.25, 0.3) is 0 Å².